The van der Waals surface area contributed by atoms with Crippen molar-refractivity contribution in [3.63, 3.8) is 0 Å². The second kappa shape index (κ2) is 9.69. The molecule has 0 amide bonds. The Hall–Kier alpha value is -1.92. The number of fused-ring (bicyclic) bond motifs is 1. The van der Waals surface area contributed by atoms with Gasteiger partial charge >= 0.3 is 0 Å². The number of aromatic nitrogens is 1. The number of unbranched alkanes of at least 4 members (excludes halogenated alkanes) is 1. The monoisotopic (exact) mass is 375 g/mol. The van der Waals surface area contributed by atoms with E-state index >= 15 is 0 Å². The number of aliphatic hydroxyl groups is 1. The van der Waals surface area contributed by atoms with Gasteiger partial charge in [0.2, 0.25) is 0 Å². The number of nitrogens with one attached hydrogen (secondary N) is 2. The number of hydrogen-bond donors (Lipinski definition) is 3. The van der Waals surface area contributed by atoms with Crippen molar-refractivity contribution < 1.29 is 5.11 Å². The number of aliphatic hydroxyl groups excluding tert-OH is 1. The van der Waals surface area contributed by atoms with E-state index in [9.17, 15) is 9.90 Å². The van der Waals surface area contributed by atoms with Crippen LogP contribution in [0.2, 0.25) is 0 Å². The molecule has 0 fully saturated rings. The fourth-order valence-corrected chi connectivity index (χ4v) is 3.31. The Morgan fingerprint density at radius 2 is 2.04 bits per heavy atom. The van der Waals surface area contributed by atoms with Crippen molar-refractivity contribution >= 4 is 28.2 Å². The van der Waals surface area contributed by atoms with E-state index < -0.39 is 0 Å². The van der Waals surface area contributed by atoms with Gasteiger partial charge < -0.3 is 20.3 Å². The molecule has 2 rings (SSSR count). The minimum absolute atomic E-state index is 0.0881. The first-order valence-corrected chi connectivity index (χ1v) is 9.64. The van der Waals surface area contributed by atoms with Crippen molar-refractivity contribution in [1.29, 1.82) is 0 Å². The molecule has 0 aliphatic rings. The molecule has 2 aromatic rings. The van der Waals surface area contributed by atoms with Crippen LogP contribution in [0.1, 0.15) is 42.9 Å². The van der Waals surface area contributed by atoms with Gasteiger partial charge in [0.15, 0.2) is 5.11 Å². The minimum atomic E-state index is -0.0881. The third-order valence-electron chi connectivity index (χ3n) is 4.41. The van der Waals surface area contributed by atoms with Crippen LogP contribution in [0, 0.1) is 13.8 Å². The molecule has 1 aromatic carbocycles. The van der Waals surface area contributed by atoms with E-state index in [-0.39, 0.29) is 12.2 Å². The van der Waals surface area contributed by atoms with Gasteiger partial charge in [0.05, 0.1) is 12.1 Å². The average Bonchev–Trinajstić information content (AvgIpc) is 2.59. The quantitative estimate of drug-likeness (QED) is 0.489. The van der Waals surface area contributed by atoms with Crippen LogP contribution >= 0.6 is 12.2 Å². The molecule has 26 heavy (non-hydrogen) atoms. The maximum absolute atomic E-state index is 12.6. The normalized spacial score (nSPS) is 10.9. The third kappa shape index (κ3) is 5.29. The maximum Gasteiger partial charge on any atom is 0.253 e. The van der Waals surface area contributed by atoms with E-state index in [4.69, 9.17) is 12.2 Å². The van der Waals surface area contributed by atoms with Crippen LogP contribution < -0.4 is 10.9 Å². The number of hydrogen-bond acceptors (Lipinski definition) is 3. The highest BCUT2D eigenvalue weighted by atomic mass is 32.1. The molecular weight excluding hydrogens is 346 g/mol. The number of nitrogens with zero attached hydrogens (tertiary/aromatic N) is 1. The van der Waals surface area contributed by atoms with Gasteiger partial charge in [0.25, 0.3) is 5.56 Å². The van der Waals surface area contributed by atoms with Crippen LogP contribution in [0.3, 0.4) is 0 Å². The van der Waals surface area contributed by atoms with Crippen molar-refractivity contribution in [2.75, 3.05) is 19.7 Å². The van der Waals surface area contributed by atoms with E-state index in [2.05, 4.69) is 36.3 Å². The molecule has 0 aliphatic heterocycles. The van der Waals surface area contributed by atoms with Crippen molar-refractivity contribution in [1.82, 2.24) is 15.2 Å². The Morgan fingerprint density at radius 3 is 2.73 bits per heavy atom. The highest BCUT2D eigenvalue weighted by Gasteiger charge is 2.13. The molecule has 0 atom stereocenters. The minimum Gasteiger partial charge on any atom is -0.396 e. The van der Waals surface area contributed by atoms with Gasteiger partial charge in [0, 0.05) is 25.3 Å². The molecule has 1 heterocycles. The summed E-state index contributed by atoms with van der Waals surface area (Å²) >= 11 is 5.50. The molecule has 0 spiro atoms. The zero-order valence-corrected chi connectivity index (χ0v) is 16.7. The number of benzene rings is 1. The Labute approximate surface area is 160 Å². The van der Waals surface area contributed by atoms with Crippen LogP contribution in [0.15, 0.2) is 23.0 Å². The smallest absolute Gasteiger partial charge is 0.253 e. The van der Waals surface area contributed by atoms with E-state index in [1.165, 1.54) is 5.56 Å². The molecule has 0 unspecified atom stereocenters. The van der Waals surface area contributed by atoms with E-state index in [0.29, 0.717) is 30.2 Å². The molecule has 0 saturated carbocycles. The largest absolute Gasteiger partial charge is 0.396 e. The van der Waals surface area contributed by atoms with Gasteiger partial charge in [-0.1, -0.05) is 25.0 Å². The summed E-state index contributed by atoms with van der Waals surface area (Å²) in [7, 11) is 0. The van der Waals surface area contributed by atoms with Crippen molar-refractivity contribution in [3.05, 3.63) is 45.2 Å². The van der Waals surface area contributed by atoms with Crippen LogP contribution in [0.5, 0.6) is 0 Å². The zero-order chi connectivity index (χ0) is 19.1. The topological polar surface area (TPSA) is 68.4 Å². The summed E-state index contributed by atoms with van der Waals surface area (Å²) in [6, 6.07) is 6.10. The molecule has 1 aromatic heterocycles. The van der Waals surface area contributed by atoms with Gasteiger partial charge in [0.1, 0.15) is 0 Å². The fraction of sp³-hybridized carbons (Fsp3) is 0.500. The second-order valence-corrected chi connectivity index (χ2v) is 7.14. The average molecular weight is 376 g/mol. The molecule has 6 heteroatoms. The predicted molar refractivity (Wildman–Crippen MR) is 112 cm³/mol. The lowest BCUT2D eigenvalue weighted by atomic mass is 10.1. The van der Waals surface area contributed by atoms with Gasteiger partial charge in [-0.25, -0.2) is 0 Å². The number of H-pyrrole nitrogens is 1. The van der Waals surface area contributed by atoms with Crippen LogP contribution in [-0.4, -0.2) is 39.8 Å². The summed E-state index contributed by atoms with van der Waals surface area (Å²) in [6.07, 6.45) is 2.75. The van der Waals surface area contributed by atoms with Gasteiger partial charge in [-0.15, -0.1) is 0 Å². The van der Waals surface area contributed by atoms with Crippen LogP contribution in [-0.2, 0) is 6.54 Å². The highest BCUT2D eigenvalue weighted by Crippen LogP contribution is 2.18. The van der Waals surface area contributed by atoms with E-state index in [1.54, 1.807) is 0 Å². The van der Waals surface area contributed by atoms with Gasteiger partial charge in [-0.05, 0) is 62.0 Å². The lowest BCUT2D eigenvalue weighted by Crippen LogP contribution is -2.41. The second-order valence-electron chi connectivity index (χ2n) is 6.75. The van der Waals surface area contributed by atoms with Gasteiger partial charge in [-0.2, -0.15) is 0 Å². The molecular formula is C20H29N3O2S. The number of thiocarbonyl (C=S) groups is 1. The standard InChI is InChI=1S/C20H29N3O2S/c1-4-5-7-21-20(26)23(8-6-9-24)13-17-12-16-11-14(2)10-15(3)18(16)22-19(17)25/h10-12,24H,4-9,13H2,1-3H3,(H,21,26)(H,22,25). The predicted octanol–water partition coefficient (Wildman–Crippen LogP) is 3.00. The number of rotatable bonds is 8. The number of aryl methyl sites for hydroxylation is 2. The molecule has 0 aliphatic carbocycles. The summed E-state index contributed by atoms with van der Waals surface area (Å²) < 4.78 is 0. The SMILES string of the molecule is CCCCNC(=S)N(CCCO)Cc1cc2cc(C)cc(C)c2[nH]c1=O. The summed E-state index contributed by atoms with van der Waals surface area (Å²) in [6.45, 7) is 8.14. The first-order chi connectivity index (χ1) is 12.5. The lowest BCUT2D eigenvalue weighted by molar-refractivity contribution is 0.264. The Bertz CT molecular complexity index is 817. The molecule has 142 valence electrons. The summed E-state index contributed by atoms with van der Waals surface area (Å²) in [4.78, 5) is 17.5. The molecule has 0 radical (unpaired) electrons. The fourth-order valence-electron chi connectivity index (χ4n) is 3.05. The summed E-state index contributed by atoms with van der Waals surface area (Å²) in [5.41, 5.74) is 3.71. The molecule has 0 saturated heterocycles. The van der Waals surface area contributed by atoms with Crippen molar-refractivity contribution in [2.24, 2.45) is 0 Å². The van der Waals surface area contributed by atoms with Crippen LogP contribution in [0.25, 0.3) is 10.9 Å². The van der Waals surface area contributed by atoms with Gasteiger partial charge in [-0.3, -0.25) is 4.79 Å². The van der Waals surface area contributed by atoms with E-state index in [0.717, 1.165) is 35.9 Å². The van der Waals surface area contributed by atoms with Crippen LogP contribution in [0.4, 0.5) is 0 Å². The van der Waals surface area contributed by atoms with Crippen molar-refractivity contribution in [3.8, 4) is 0 Å². The highest BCUT2D eigenvalue weighted by molar-refractivity contribution is 7.80. The molecule has 0 bridgehead atoms. The Kier molecular flexibility index (Phi) is 7.60. The Morgan fingerprint density at radius 1 is 1.27 bits per heavy atom. The first kappa shape index (κ1) is 20.4. The summed E-state index contributed by atoms with van der Waals surface area (Å²) in [5, 5.41) is 14.1. The molecule has 5 nitrogen and oxygen atoms in total. The Balaban J connectivity index is 2.27. The zero-order valence-electron chi connectivity index (χ0n) is 15.9. The first-order valence-electron chi connectivity index (χ1n) is 9.23. The summed E-state index contributed by atoms with van der Waals surface area (Å²) in [5.74, 6) is 0. The van der Waals surface area contributed by atoms with Crippen molar-refractivity contribution in [2.45, 2.75) is 46.6 Å². The number of pyridine rings is 1. The molecule has 3 N–H and O–H groups in total. The maximum atomic E-state index is 12.6. The van der Waals surface area contributed by atoms with E-state index in [1.807, 2.05) is 17.9 Å². The third-order valence-corrected chi connectivity index (χ3v) is 4.81. The lowest BCUT2D eigenvalue weighted by Gasteiger charge is -2.25. The number of aromatic amines is 1.